The second-order valence-corrected chi connectivity index (χ2v) is 6.18. The fourth-order valence-electron chi connectivity index (χ4n) is 2.90. The first kappa shape index (κ1) is 14.3. The number of benzene rings is 2. The van der Waals surface area contributed by atoms with E-state index in [1.54, 1.807) is 7.11 Å². The van der Waals surface area contributed by atoms with Crippen molar-refractivity contribution in [3.8, 4) is 5.75 Å². The maximum absolute atomic E-state index is 6.12. The zero-order chi connectivity index (χ0) is 14.8. The molecule has 0 saturated carbocycles. The van der Waals surface area contributed by atoms with Crippen LogP contribution in [0.3, 0.4) is 0 Å². The summed E-state index contributed by atoms with van der Waals surface area (Å²) < 4.78 is 6.44. The SMILES string of the molecule is COc1ccc(Br)c(CN2CCCc3c(N)cccc32)c1. The van der Waals surface area contributed by atoms with Gasteiger partial charge in [0.15, 0.2) is 0 Å². The van der Waals surface area contributed by atoms with Gasteiger partial charge < -0.3 is 15.4 Å². The zero-order valence-corrected chi connectivity index (χ0v) is 13.7. The Morgan fingerprint density at radius 1 is 1.29 bits per heavy atom. The lowest BCUT2D eigenvalue weighted by Crippen LogP contribution is -2.29. The third-order valence-electron chi connectivity index (χ3n) is 4.00. The van der Waals surface area contributed by atoms with Gasteiger partial charge in [-0.3, -0.25) is 0 Å². The van der Waals surface area contributed by atoms with Crippen molar-refractivity contribution in [1.29, 1.82) is 0 Å². The van der Waals surface area contributed by atoms with Gasteiger partial charge in [0.05, 0.1) is 7.11 Å². The Morgan fingerprint density at radius 2 is 2.14 bits per heavy atom. The van der Waals surface area contributed by atoms with Crippen LogP contribution in [-0.4, -0.2) is 13.7 Å². The normalized spacial score (nSPS) is 13.9. The van der Waals surface area contributed by atoms with E-state index in [-0.39, 0.29) is 0 Å². The summed E-state index contributed by atoms with van der Waals surface area (Å²) >= 11 is 3.63. The molecular formula is C17H19BrN2O. The van der Waals surface area contributed by atoms with Crippen LogP contribution in [0.4, 0.5) is 11.4 Å². The van der Waals surface area contributed by atoms with Gasteiger partial charge in [0.25, 0.3) is 0 Å². The maximum atomic E-state index is 6.12. The van der Waals surface area contributed by atoms with E-state index in [9.17, 15) is 0 Å². The highest BCUT2D eigenvalue weighted by Crippen LogP contribution is 2.33. The van der Waals surface area contributed by atoms with Crippen molar-refractivity contribution < 1.29 is 4.74 Å². The van der Waals surface area contributed by atoms with Gasteiger partial charge in [-0.1, -0.05) is 22.0 Å². The smallest absolute Gasteiger partial charge is 0.119 e. The number of nitrogens with two attached hydrogens (primary N) is 1. The Bertz CT molecular complexity index is 657. The van der Waals surface area contributed by atoms with Crippen LogP contribution in [0.5, 0.6) is 5.75 Å². The summed E-state index contributed by atoms with van der Waals surface area (Å²) in [5, 5.41) is 0. The minimum atomic E-state index is 0.855. The van der Waals surface area contributed by atoms with Crippen LogP contribution in [0.2, 0.25) is 0 Å². The Hall–Kier alpha value is -1.68. The summed E-state index contributed by atoms with van der Waals surface area (Å²) in [6, 6.07) is 12.3. The molecule has 0 atom stereocenters. The van der Waals surface area contributed by atoms with E-state index in [1.807, 2.05) is 24.3 Å². The molecule has 2 N–H and O–H groups in total. The van der Waals surface area contributed by atoms with E-state index in [2.05, 4.69) is 33.0 Å². The van der Waals surface area contributed by atoms with Crippen molar-refractivity contribution in [2.45, 2.75) is 19.4 Å². The van der Waals surface area contributed by atoms with Gasteiger partial charge in [0, 0.05) is 28.9 Å². The van der Waals surface area contributed by atoms with Crippen LogP contribution in [0, 0.1) is 0 Å². The second kappa shape index (κ2) is 5.98. The Kier molecular flexibility index (Phi) is 4.06. The molecule has 0 fully saturated rings. The fraction of sp³-hybridized carbons (Fsp3) is 0.294. The van der Waals surface area contributed by atoms with Crippen molar-refractivity contribution in [1.82, 2.24) is 0 Å². The monoisotopic (exact) mass is 346 g/mol. The number of hydrogen-bond donors (Lipinski definition) is 1. The van der Waals surface area contributed by atoms with Crippen molar-refractivity contribution in [3.05, 3.63) is 52.0 Å². The van der Waals surface area contributed by atoms with Gasteiger partial charge in [0.1, 0.15) is 5.75 Å². The lowest BCUT2D eigenvalue weighted by atomic mass is 9.99. The number of methoxy groups -OCH3 is 1. The van der Waals surface area contributed by atoms with Gasteiger partial charge in [0.2, 0.25) is 0 Å². The van der Waals surface area contributed by atoms with Crippen molar-refractivity contribution in [2.75, 3.05) is 24.3 Å². The lowest BCUT2D eigenvalue weighted by Gasteiger charge is -2.32. The first-order valence-electron chi connectivity index (χ1n) is 7.14. The molecule has 3 nitrogen and oxygen atoms in total. The zero-order valence-electron chi connectivity index (χ0n) is 12.1. The largest absolute Gasteiger partial charge is 0.497 e. The molecular weight excluding hydrogens is 328 g/mol. The van der Waals surface area contributed by atoms with Crippen molar-refractivity contribution in [2.24, 2.45) is 0 Å². The van der Waals surface area contributed by atoms with E-state index in [0.29, 0.717) is 0 Å². The van der Waals surface area contributed by atoms with Crippen molar-refractivity contribution in [3.63, 3.8) is 0 Å². The molecule has 1 aliphatic heterocycles. The number of rotatable bonds is 3. The highest BCUT2D eigenvalue weighted by atomic mass is 79.9. The first-order chi connectivity index (χ1) is 10.2. The molecule has 0 bridgehead atoms. The predicted molar refractivity (Wildman–Crippen MR) is 90.9 cm³/mol. The van der Waals surface area contributed by atoms with Gasteiger partial charge in [-0.2, -0.15) is 0 Å². The summed E-state index contributed by atoms with van der Waals surface area (Å²) in [5.74, 6) is 0.887. The highest BCUT2D eigenvalue weighted by molar-refractivity contribution is 9.10. The second-order valence-electron chi connectivity index (χ2n) is 5.33. The predicted octanol–water partition coefficient (Wildman–Crippen LogP) is 3.99. The Labute approximate surface area is 133 Å². The third-order valence-corrected chi connectivity index (χ3v) is 4.77. The average Bonchev–Trinajstić information content (AvgIpc) is 2.50. The molecule has 0 spiro atoms. The van der Waals surface area contributed by atoms with Crippen LogP contribution in [0.15, 0.2) is 40.9 Å². The number of halogens is 1. The number of hydrogen-bond acceptors (Lipinski definition) is 3. The molecule has 1 heterocycles. The number of nitrogens with zero attached hydrogens (tertiary/aromatic N) is 1. The number of fused-ring (bicyclic) bond motifs is 1. The lowest BCUT2D eigenvalue weighted by molar-refractivity contribution is 0.414. The number of nitrogen functional groups attached to an aromatic ring is 1. The van der Waals surface area contributed by atoms with E-state index < -0.39 is 0 Å². The summed E-state index contributed by atoms with van der Waals surface area (Å²) in [7, 11) is 1.70. The standard InChI is InChI=1S/C17H19BrN2O/c1-21-13-7-8-15(18)12(10-13)11-20-9-3-4-14-16(19)5-2-6-17(14)20/h2,5-8,10H,3-4,9,11,19H2,1H3. The Balaban J connectivity index is 1.92. The van der Waals surface area contributed by atoms with Crippen LogP contribution in [0.1, 0.15) is 17.5 Å². The summed E-state index contributed by atoms with van der Waals surface area (Å²) in [4.78, 5) is 2.40. The molecule has 3 rings (SSSR count). The van der Waals surface area contributed by atoms with E-state index in [0.717, 1.165) is 41.8 Å². The topological polar surface area (TPSA) is 38.5 Å². The third kappa shape index (κ3) is 2.86. The average molecular weight is 347 g/mol. The van der Waals surface area contributed by atoms with Gasteiger partial charge >= 0.3 is 0 Å². The highest BCUT2D eigenvalue weighted by Gasteiger charge is 2.19. The fourth-order valence-corrected chi connectivity index (χ4v) is 3.27. The van der Waals surface area contributed by atoms with Gasteiger partial charge in [-0.05, 0) is 54.3 Å². The van der Waals surface area contributed by atoms with Crippen LogP contribution in [-0.2, 0) is 13.0 Å². The summed E-state index contributed by atoms with van der Waals surface area (Å²) in [5.41, 5.74) is 10.8. The molecule has 0 radical (unpaired) electrons. The maximum Gasteiger partial charge on any atom is 0.119 e. The van der Waals surface area contributed by atoms with Gasteiger partial charge in [-0.25, -0.2) is 0 Å². The quantitative estimate of drug-likeness (QED) is 0.854. The number of ether oxygens (including phenoxy) is 1. The molecule has 1 aliphatic rings. The van der Waals surface area contributed by atoms with Crippen LogP contribution >= 0.6 is 15.9 Å². The molecule has 21 heavy (non-hydrogen) atoms. The van der Waals surface area contributed by atoms with E-state index >= 15 is 0 Å². The van der Waals surface area contributed by atoms with Crippen LogP contribution in [0.25, 0.3) is 0 Å². The molecule has 2 aromatic carbocycles. The van der Waals surface area contributed by atoms with Gasteiger partial charge in [-0.15, -0.1) is 0 Å². The molecule has 4 heteroatoms. The molecule has 0 amide bonds. The molecule has 0 aliphatic carbocycles. The van der Waals surface area contributed by atoms with Crippen LogP contribution < -0.4 is 15.4 Å². The summed E-state index contributed by atoms with van der Waals surface area (Å²) in [6.45, 7) is 1.91. The Morgan fingerprint density at radius 3 is 2.95 bits per heavy atom. The molecule has 2 aromatic rings. The molecule has 0 aromatic heterocycles. The minimum Gasteiger partial charge on any atom is -0.497 e. The minimum absolute atomic E-state index is 0.855. The molecule has 110 valence electrons. The van der Waals surface area contributed by atoms with E-state index in [4.69, 9.17) is 10.5 Å². The van der Waals surface area contributed by atoms with E-state index in [1.165, 1.54) is 16.8 Å². The number of anilines is 2. The molecule has 0 unspecified atom stereocenters. The molecule has 0 saturated heterocycles. The summed E-state index contributed by atoms with van der Waals surface area (Å²) in [6.07, 6.45) is 2.21. The van der Waals surface area contributed by atoms with Crippen molar-refractivity contribution >= 4 is 27.3 Å². The first-order valence-corrected chi connectivity index (χ1v) is 7.93.